The van der Waals surface area contributed by atoms with E-state index in [1.807, 2.05) is 33.8 Å². The molecule has 7 nitrogen and oxygen atoms in total. The van der Waals surface area contributed by atoms with E-state index < -0.39 is 0 Å². The van der Waals surface area contributed by atoms with E-state index in [-0.39, 0.29) is 28.9 Å². The maximum absolute atomic E-state index is 12.4. The largest absolute Gasteiger partial charge is 0.507 e. The van der Waals surface area contributed by atoms with Crippen LogP contribution in [0.25, 0.3) is 10.9 Å². The lowest BCUT2D eigenvalue weighted by molar-refractivity contribution is -0.117. The van der Waals surface area contributed by atoms with Crippen molar-refractivity contribution in [3.05, 3.63) is 59.2 Å². The molecule has 0 bridgehead atoms. The number of benzene rings is 1. The number of fused-ring (bicyclic) bond motifs is 1. The number of aromatic nitrogens is 1. The number of phenolic OH excluding ortho intramolecular Hbond substituents is 1. The highest BCUT2D eigenvalue weighted by Crippen LogP contribution is 2.34. The number of aryl methyl sites for hydroxylation is 1. The minimum Gasteiger partial charge on any atom is -0.507 e. The van der Waals surface area contributed by atoms with Crippen molar-refractivity contribution in [3.63, 3.8) is 0 Å². The Morgan fingerprint density at radius 3 is 2.13 bits per heavy atom. The standard InChI is InChI=1S/C12H13N3O2.C10H9NO.Al/c16-9-7-8(13-1-2-13)12(17)11(15-5-6-15)10(9)14-3-4-14;1-7-5-6-11-8-3-2-4-9(12)10(7)8;/h7H,1-6H2;2-6,12H,1H3;. The first-order valence-electron chi connectivity index (χ1n) is 9.88. The smallest absolute Gasteiger partial charge is 0.227 e. The summed E-state index contributed by atoms with van der Waals surface area (Å²) < 4.78 is 0. The van der Waals surface area contributed by atoms with Gasteiger partial charge in [-0.25, -0.2) is 0 Å². The van der Waals surface area contributed by atoms with Gasteiger partial charge in [0.15, 0.2) is 0 Å². The molecule has 151 valence electrons. The summed E-state index contributed by atoms with van der Waals surface area (Å²) in [6.45, 7) is 7.37. The molecule has 3 radical (unpaired) electrons. The van der Waals surface area contributed by atoms with Gasteiger partial charge in [0.1, 0.15) is 17.1 Å². The molecule has 0 saturated carbocycles. The lowest BCUT2D eigenvalue weighted by Gasteiger charge is -2.21. The van der Waals surface area contributed by atoms with Crippen molar-refractivity contribution in [2.75, 3.05) is 39.3 Å². The van der Waals surface area contributed by atoms with E-state index in [1.54, 1.807) is 18.3 Å². The number of hydrogen-bond donors (Lipinski definition) is 1. The van der Waals surface area contributed by atoms with E-state index >= 15 is 0 Å². The highest BCUT2D eigenvalue weighted by Gasteiger charge is 2.43. The Labute approximate surface area is 185 Å². The summed E-state index contributed by atoms with van der Waals surface area (Å²) in [4.78, 5) is 34.6. The van der Waals surface area contributed by atoms with E-state index in [9.17, 15) is 14.7 Å². The number of ketones is 2. The molecule has 1 aromatic heterocycles. The Bertz CT molecular complexity index is 1060. The van der Waals surface area contributed by atoms with Crippen molar-refractivity contribution in [1.82, 2.24) is 19.7 Å². The highest BCUT2D eigenvalue weighted by molar-refractivity contribution is 6.22. The van der Waals surface area contributed by atoms with Crippen LogP contribution in [0.3, 0.4) is 0 Å². The fraction of sp³-hybridized carbons (Fsp3) is 0.318. The molecule has 3 aliphatic heterocycles. The van der Waals surface area contributed by atoms with Gasteiger partial charge < -0.3 is 19.8 Å². The van der Waals surface area contributed by atoms with Crippen LogP contribution in [0, 0.1) is 6.92 Å². The molecular weight excluding hydrogens is 395 g/mol. The Kier molecular flexibility index (Phi) is 5.31. The number of nitrogens with zero attached hydrogens (tertiary/aromatic N) is 4. The van der Waals surface area contributed by atoms with Crippen molar-refractivity contribution in [2.45, 2.75) is 6.92 Å². The van der Waals surface area contributed by atoms with Crippen molar-refractivity contribution < 1.29 is 14.7 Å². The summed E-state index contributed by atoms with van der Waals surface area (Å²) >= 11 is 0. The summed E-state index contributed by atoms with van der Waals surface area (Å²) in [5, 5.41) is 10.4. The maximum Gasteiger partial charge on any atom is 0.227 e. The van der Waals surface area contributed by atoms with Crippen LogP contribution in [0.15, 0.2) is 53.6 Å². The zero-order valence-electron chi connectivity index (χ0n) is 16.8. The van der Waals surface area contributed by atoms with Crippen molar-refractivity contribution in [1.29, 1.82) is 0 Å². The van der Waals surface area contributed by atoms with E-state index in [2.05, 4.69) is 4.98 Å². The lowest BCUT2D eigenvalue weighted by atomic mass is 10.0. The summed E-state index contributed by atoms with van der Waals surface area (Å²) in [5.74, 6) is 0.352. The van der Waals surface area contributed by atoms with Gasteiger partial charge in [0.05, 0.1) is 11.2 Å². The molecule has 0 amide bonds. The summed E-state index contributed by atoms with van der Waals surface area (Å²) in [6.07, 6.45) is 3.27. The number of Topliss-reactive ketones (excluding diaryl/α,β-unsaturated/α-hetero) is 1. The molecule has 8 heteroatoms. The van der Waals surface area contributed by atoms with Gasteiger partial charge in [-0.1, -0.05) is 6.07 Å². The number of aromatic hydroxyl groups is 1. The Morgan fingerprint density at radius 1 is 0.900 bits per heavy atom. The third kappa shape index (κ3) is 3.81. The van der Waals surface area contributed by atoms with Crippen molar-refractivity contribution >= 4 is 39.8 Å². The fourth-order valence-corrected chi connectivity index (χ4v) is 3.63. The van der Waals surface area contributed by atoms with Crippen molar-refractivity contribution in [2.24, 2.45) is 0 Å². The predicted octanol–water partition coefficient (Wildman–Crippen LogP) is 1.05. The second-order valence-electron chi connectivity index (χ2n) is 7.68. The molecule has 1 aliphatic carbocycles. The third-order valence-electron chi connectivity index (χ3n) is 5.44. The maximum atomic E-state index is 12.4. The average Bonchev–Trinajstić information content (AvgIpc) is 3.56. The Balaban J connectivity index is 0.000000149. The SMILES string of the molecule is Cc1ccnc2cccc(O)c12.O=C1C=C(N2CC2)C(=O)C(N2CC2)=C1N1CC1.[Al]. The number of pyridine rings is 1. The van der Waals surface area contributed by atoms with Crippen LogP contribution in [0.4, 0.5) is 0 Å². The van der Waals surface area contributed by atoms with Crippen LogP contribution in [0.1, 0.15) is 5.56 Å². The third-order valence-corrected chi connectivity index (χ3v) is 5.44. The first kappa shape index (κ1) is 20.5. The second kappa shape index (κ2) is 7.78. The molecule has 3 saturated heterocycles. The molecule has 2 aromatic rings. The highest BCUT2D eigenvalue weighted by atomic mass is 27.0. The van der Waals surface area contributed by atoms with Crippen LogP contribution >= 0.6 is 0 Å². The molecule has 3 fully saturated rings. The monoisotopic (exact) mass is 417 g/mol. The number of carbonyl (C=O) groups excluding carboxylic acids is 2. The predicted molar refractivity (Wildman–Crippen MR) is 114 cm³/mol. The first-order valence-corrected chi connectivity index (χ1v) is 9.88. The first-order chi connectivity index (χ1) is 14.0. The molecule has 1 N–H and O–H groups in total. The molecule has 6 rings (SSSR count). The number of allylic oxidation sites excluding steroid dienone is 1. The van der Waals surface area contributed by atoms with E-state index in [0.717, 1.165) is 55.7 Å². The Morgan fingerprint density at radius 2 is 1.53 bits per heavy atom. The Hall–Kier alpha value is -2.82. The normalized spacial score (nSPS) is 19.2. The van der Waals surface area contributed by atoms with Crippen molar-refractivity contribution in [3.8, 4) is 5.75 Å². The minimum atomic E-state index is 0. The van der Waals surface area contributed by atoms with E-state index in [1.165, 1.54) is 6.08 Å². The molecular formula is C22H22AlN4O3. The van der Waals surface area contributed by atoms with Gasteiger partial charge in [-0.05, 0) is 30.7 Å². The van der Waals surface area contributed by atoms with Gasteiger partial charge in [-0.15, -0.1) is 0 Å². The average molecular weight is 417 g/mol. The van der Waals surface area contributed by atoms with E-state index in [0.29, 0.717) is 22.8 Å². The zero-order valence-corrected chi connectivity index (χ0v) is 18.0. The van der Waals surface area contributed by atoms with Crippen LogP contribution in [0.5, 0.6) is 5.75 Å². The number of phenols is 1. The summed E-state index contributed by atoms with van der Waals surface area (Å²) in [6, 6.07) is 7.26. The van der Waals surface area contributed by atoms with Gasteiger partial charge in [0, 0.05) is 74.3 Å². The van der Waals surface area contributed by atoms with Gasteiger partial charge in [0.2, 0.25) is 11.6 Å². The van der Waals surface area contributed by atoms with Crippen LogP contribution in [-0.2, 0) is 9.59 Å². The van der Waals surface area contributed by atoms with Crippen LogP contribution < -0.4 is 0 Å². The van der Waals surface area contributed by atoms with Crippen LogP contribution in [0.2, 0.25) is 0 Å². The summed E-state index contributed by atoms with van der Waals surface area (Å²) in [5.41, 5.74) is 3.78. The molecule has 0 atom stereocenters. The van der Waals surface area contributed by atoms with Crippen LogP contribution in [-0.4, -0.2) is 93.0 Å². The quantitative estimate of drug-likeness (QED) is 0.455. The topological polar surface area (TPSA) is 76.3 Å². The molecule has 4 aliphatic rings. The second-order valence-corrected chi connectivity index (χ2v) is 7.68. The summed E-state index contributed by atoms with van der Waals surface area (Å²) in [7, 11) is 0. The number of hydrogen-bond acceptors (Lipinski definition) is 7. The molecule has 30 heavy (non-hydrogen) atoms. The van der Waals surface area contributed by atoms with Gasteiger partial charge in [-0.2, -0.15) is 0 Å². The fourth-order valence-electron chi connectivity index (χ4n) is 3.63. The van der Waals surface area contributed by atoms with Gasteiger partial charge >= 0.3 is 0 Å². The van der Waals surface area contributed by atoms with E-state index in [4.69, 9.17) is 0 Å². The van der Waals surface area contributed by atoms with Gasteiger partial charge in [-0.3, -0.25) is 14.6 Å². The lowest BCUT2D eigenvalue weighted by Crippen LogP contribution is -2.29. The van der Waals surface area contributed by atoms with Gasteiger partial charge in [0.25, 0.3) is 0 Å². The zero-order chi connectivity index (χ0) is 20.1. The minimum absolute atomic E-state index is 0. The molecule has 0 unspecified atom stereocenters. The number of rotatable bonds is 3. The molecule has 4 heterocycles. The molecule has 0 spiro atoms. The number of carbonyl (C=O) groups is 2. The molecule has 1 aromatic carbocycles.